The summed E-state index contributed by atoms with van der Waals surface area (Å²) >= 11 is 0. The second-order valence-electron chi connectivity index (χ2n) is 7.86. The van der Waals surface area contributed by atoms with Crippen LogP contribution < -0.4 is 21.3 Å². The van der Waals surface area contributed by atoms with Crippen LogP contribution in [0, 0.1) is 6.92 Å². The molecule has 0 radical (unpaired) electrons. The van der Waals surface area contributed by atoms with Crippen LogP contribution in [0.4, 0.5) is 29.1 Å². The first-order chi connectivity index (χ1) is 15.2. The number of rotatable bonds is 4. The number of alkyl halides is 4. The summed E-state index contributed by atoms with van der Waals surface area (Å²) in [6, 6.07) is 10.5. The maximum absolute atomic E-state index is 14.1. The molecule has 1 fully saturated rings. The van der Waals surface area contributed by atoms with Crippen molar-refractivity contribution in [3.63, 3.8) is 0 Å². The van der Waals surface area contributed by atoms with Gasteiger partial charge in [0, 0.05) is 36.1 Å². The first-order valence-electron chi connectivity index (χ1n) is 10.3. The average Bonchev–Trinajstić information content (AvgIpc) is 2.99. The van der Waals surface area contributed by atoms with Gasteiger partial charge in [0.25, 0.3) is 0 Å². The minimum absolute atomic E-state index is 0.266. The zero-order chi connectivity index (χ0) is 22.9. The van der Waals surface area contributed by atoms with Crippen molar-refractivity contribution in [3.8, 4) is 0 Å². The molecule has 4 N–H and O–H groups in total. The number of hydrogen-bond donors (Lipinski definition) is 3. The van der Waals surface area contributed by atoms with Crippen molar-refractivity contribution in [2.75, 3.05) is 36.4 Å². The Morgan fingerprint density at radius 2 is 1.97 bits per heavy atom. The van der Waals surface area contributed by atoms with E-state index in [9.17, 15) is 17.6 Å². The summed E-state index contributed by atoms with van der Waals surface area (Å²) in [5.41, 5.74) is 7.19. The minimum atomic E-state index is -4.46. The van der Waals surface area contributed by atoms with Gasteiger partial charge in [-0.15, -0.1) is 5.10 Å². The Morgan fingerprint density at radius 1 is 1.16 bits per heavy atom. The number of aromatic nitrogens is 2. The first kappa shape index (κ1) is 22.2. The highest BCUT2D eigenvalue weighted by atomic mass is 19.4. The van der Waals surface area contributed by atoms with Crippen molar-refractivity contribution in [3.05, 3.63) is 59.3 Å². The zero-order valence-electron chi connectivity index (χ0n) is 17.5. The van der Waals surface area contributed by atoms with Crippen molar-refractivity contribution in [1.82, 2.24) is 15.5 Å². The Kier molecular flexibility index (Phi) is 6.16. The Labute approximate surface area is 182 Å². The molecular weight excluding hydrogens is 424 g/mol. The van der Waals surface area contributed by atoms with Gasteiger partial charge in [0.1, 0.15) is 12.3 Å². The number of benzene rings is 2. The van der Waals surface area contributed by atoms with Gasteiger partial charge < -0.3 is 21.3 Å². The Hall–Kier alpha value is -2.98. The van der Waals surface area contributed by atoms with E-state index in [2.05, 4.69) is 20.8 Å². The van der Waals surface area contributed by atoms with E-state index in [0.29, 0.717) is 36.5 Å². The van der Waals surface area contributed by atoms with E-state index in [-0.39, 0.29) is 12.1 Å². The van der Waals surface area contributed by atoms with Crippen molar-refractivity contribution in [2.24, 2.45) is 5.73 Å². The SMILES string of the molecule is Cc1nnc(N[C@H](N)c2cccc(C(F)(F)F)c2)c2cc(N3CCNC[C@@H](F)C3)ccc12. The number of hydrogen-bond acceptors (Lipinski definition) is 6. The number of anilines is 2. The molecule has 0 bridgehead atoms. The van der Waals surface area contributed by atoms with Gasteiger partial charge in [0.2, 0.25) is 0 Å². The summed E-state index contributed by atoms with van der Waals surface area (Å²) in [6.07, 6.45) is -6.38. The molecule has 6 nitrogen and oxygen atoms in total. The van der Waals surface area contributed by atoms with Gasteiger partial charge in [-0.1, -0.05) is 18.2 Å². The second kappa shape index (κ2) is 8.87. The lowest BCUT2D eigenvalue weighted by Gasteiger charge is -2.24. The highest BCUT2D eigenvalue weighted by Crippen LogP contribution is 2.32. The summed E-state index contributed by atoms with van der Waals surface area (Å²) in [7, 11) is 0. The number of aryl methyl sites for hydroxylation is 1. The Bertz CT molecular complexity index is 1100. The molecule has 2 atom stereocenters. The summed E-state index contributed by atoms with van der Waals surface area (Å²) in [6.45, 7) is 3.71. The van der Waals surface area contributed by atoms with Gasteiger partial charge in [-0.2, -0.15) is 18.3 Å². The highest BCUT2D eigenvalue weighted by Gasteiger charge is 2.30. The molecule has 0 aliphatic carbocycles. The third-order valence-corrected chi connectivity index (χ3v) is 5.52. The monoisotopic (exact) mass is 448 g/mol. The lowest BCUT2D eigenvalue weighted by atomic mass is 10.1. The molecule has 32 heavy (non-hydrogen) atoms. The summed E-state index contributed by atoms with van der Waals surface area (Å²) in [5.74, 6) is 0.349. The van der Waals surface area contributed by atoms with Crippen molar-refractivity contribution in [1.29, 1.82) is 0 Å². The van der Waals surface area contributed by atoms with E-state index in [1.165, 1.54) is 12.1 Å². The molecule has 3 aromatic rings. The van der Waals surface area contributed by atoms with E-state index < -0.39 is 24.1 Å². The summed E-state index contributed by atoms with van der Waals surface area (Å²) in [5, 5.41) is 15.9. The van der Waals surface area contributed by atoms with Crippen LogP contribution in [0.3, 0.4) is 0 Å². The van der Waals surface area contributed by atoms with Gasteiger partial charge in [-0.3, -0.25) is 0 Å². The molecule has 1 aliphatic heterocycles. The molecule has 1 saturated heterocycles. The van der Waals surface area contributed by atoms with Crippen LogP contribution >= 0.6 is 0 Å². The third-order valence-electron chi connectivity index (χ3n) is 5.52. The fourth-order valence-corrected chi connectivity index (χ4v) is 3.82. The largest absolute Gasteiger partial charge is 0.416 e. The molecule has 0 spiro atoms. The summed E-state index contributed by atoms with van der Waals surface area (Å²) < 4.78 is 53.3. The fraction of sp³-hybridized carbons (Fsp3) is 0.364. The van der Waals surface area contributed by atoms with E-state index >= 15 is 0 Å². The van der Waals surface area contributed by atoms with Crippen LogP contribution in [0.5, 0.6) is 0 Å². The number of halogens is 4. The Balaban J connectivity index is 1.67. The first-order valence-corrected chi connectivity index (χ1v) is 10.3. The topological polar surface area (TPSA) is 79.1 Å². The van der Waals surface area contributed by atoms with Crippen molar-refractivity contribution < 1.29 is 17.6 Å². The quantitative estimate of drug-likeness (QED) is 0.417. The maximum atomic E-state index is 14.1. The van der Waals surface area contributed by atoms with Gasteiger partial charge in [0.05, 0.1) is 17.8 Å². The van der Waals surface area contributed by atoms with E-state index in [1.54, 1.807) is 0 Å². The fourth-order valence-electron chi connectivity index (χ4n) is 3.82. The molecule has 2 heterocycles. The molecule has 170 valence electrons. The molecule has 0 amide bonds. The molecule has 1 aromatic heterocycles. The van der Waals surface area contributed by atoms with Gasteiger partial charge in [-0.25, -0.2) is 4.39 Å². The number of fused-ring (bicyclic) bond motifs is 1. The number of nitrogens with two attached hydrogens (primary N) is 1. The smallest absolute Gasteiger partial charge is 0.367 e. The van der Waals surface area contributed by atoms with Crippen molar-refractivity contribution >= 4 is 22.3 Å². The zero-order valence-corrected chi connectivity index (χ0v) is 17.5. The van der Waals surface area contributed by atoms with Gasteiger partial charge in [0.15, 0.2) is 5.82 Å². The average molecular weight is 448 g/mol. The molecule has 0 saturated carbocycles. The lowest BCUT2D eigenvalue weighted by molar-refractivity contribution is -0.137. The number of nitrogens with one attached hydrogen (secondary N) is 2. The molecule has 2 aromatic carbocycles. The van der Waals surface area contributed by atoms with E-state index in [4.69, 9.17) is 5.73 Å². The second-order valence-corrected chi connectivity index (χ2v) is 7.86. The van der Waals surface area contributed by atoms with Crippen LogP contribution in [0.2, 0.25) is 0 Å². The minimum Gasteiger partial charge on any atom is -0.367 e. The van der Waals surface area contributed by atoms with Crippen molar-refractivity contribution in [2.45, 2.75) is 25.4 Å². The Morgan fingerprint density at radius 3 is 2.75 bits per heavy atom. The molecular formula is C22H24F4N6. The van der Waals surface area contributed by atoms with E-state index in [0.717, 1.165) is 23.2 Å². The lowest BCUT2D eigenvalue weighted by Crippen LogP contribution is -2.30. The van der Waals surface area contributed by atoms with Crippen LogP contribution in [0.15, 0.2) is 42.5 Å². The van der Waals surface area contributed by atoms with Crippen LogP contribution in [0.1, 0.15) is 23.0 Å². The van der Waals surface area contributed by atoms with Crippen LogP contribution in [0.25, 0.3) is 10.8 Å². The van der Waals surface area contributed by atoms with Crippen LogP contribution in [-0.2, 0) is 6.18 Å². The standard InChI is InChI=1S/C22H24F4N6/c1-13-18-6-5-17(32-8-7-28-11-16(23)12-32)10-19(18)21(31-30-13)29-20(27)14-3-2-4-15(9-14)22(24,25)26/h2-6,9-10,16,20,28H,7-8,11-12,27H2,1H3,(H,29,31)/t16-,20+/m1/s1. The third kappa shape index (κ3) is 4.76. The normalized spacial score (nSPS) is 18.4. The predicted molar refractivity (Wildman–Crippen MR) is 116 cm³/mol. The maximum Gasteiger partial charge on any atom is 0.416 e. The molecule has 1 aliphatic rings. The molecule has 0 unspecified atom stereocenters. The van der Waals surface area contributed by atoms with Crippen LogP contribution in [-0.4, -0.2) is 42.5 Å². The summed E-state index contributed by atoms with van der Waals surface area (Å²) in [4.78, 5) is 1.95. The predicted octanol–water partition coefficient (Wildman–Crippen LogP) is 3.77. The highest BCUT2D eigenvalue weighted by molar-refractivity contribution is 5.95. The van der Waals surface area contributed by atoms with Gasteiger partial charge in [-0.05, 0) is 36.8 Å². The van der Waals surface area contributed by atoms with E-state index in [1.807, 2.05) is 30.0 Å². The number of nitrogens with zero attached hydrogens (tertiary/aromatic N) is 3. The molecule has 10 heteroatoms. The molecule has 4 rings (SSSR count). The van der Waals surface area contributed by atoms with Gasteiger partial charge >= 0.3 is 6.18 Å².